The highest BCUT2D eigenvalue weighted by Gasteiger charge is 2.27. The van der Waals surface area contributed by atoms with Gasteiger partial charge in [0.1, 0.15) is 5.82 Å². The van der Waals surface area contributed by atoms with Crippen molar-refractivity contribution >= 4 is 11.6 Å². The van der Waals surface area contributed by atoms with Crippen LogP contribution in [0.3, 0.4) is 0 Å². The number of nitrogens with one attached hydrogen (secondary N) is 1. The first-order chi connectivity index (χ1) is 9.11. The van der Waals surface area contributed by atoms with Crippen molar-refractivity contribution in [2.75, 3.05) is 6.54 Å². The monoisotopic (exact) mass is 285 g/mol. The predicted octanol–water partition coefficient (Wildman–Crippen LogP) is 3.65. The Bertz CT molecular complexity index is 396. The molecule has 0 saturated heterocycles. The van der Waals surface area contributed by atoms with Crippen LogP contribution < -0.4 is 5.32 Å². The minimum absolute atomic E-state index is 0.298. The van der Waals surface area contributed by atoms with E-state index in [1.165, 1.54) is 18.9 Å². The second-order valence-corrected chi connectivity index (χ2v) is 5.85. The topological polar surface area (TPSA) is 32.3 Å². The molecule has 1 aromatic carbocycles. The van der Waals surface area contributed by atoms with E-state index < -0.39 is 5.60 Å². The normalized spacial score (nSPS) is 19.1. The van der Waals surface area contributed by atoms with Gasteiger partial charge in [0.05, 0.1) is 5.60 Å². The Morgan fingerprint density at radius 2 is 1.89 bits per heavy atom. The van der Waals surface area contributed by atoms with E-state index in [1.807, 2.05) is 0 Å². The SMILES string of the molecule is OC1(CNCc2c(F)cccc2Cl)CCCCCC1. The Balaban J connectivity index is 1.89. The Hall–Kier alpha value is -0.640. The van der Waals surface area contributed by atoms with Crippen LogP contribution in [0.1, 0.15) is 44.1 Å². The lowest BCUT2D eigenvalue weighted by molar-refractivity contribution is 0.0250. The van der Waals surface area contributed by atoms with E-state index in [4.69, 9.17) is 11.6 Å². The number of rotatable bonds is 4. The van der Waals surface area contributed by atoms with Gasteiger partial charge in [-0.2, -0.15) is 0 Å². The summed E-state index contributed by atoms with van der Waals surface area (Å²) in [5.74, 6) is -0.298. The third-order valence-corrected chi connectivity index (χ3v) is 4.21. The third-order valence-electron chi connectivity index (χ3n) is 3.85. The zero-order valence-electron chi connectivity index (χ0n) is 11.1. The van der Waals surface area contributed by atoms with Gasteiger partial charge in [0, 0.05) is 23.7 Å². The summed E-state index contributed by atoms with van der Waals surface area (Å²) in [6.45, 7) is 0.853. The lowest BCUT2D eigenvalue weighted by atomic mass is 9.94. The number of hydrogen-bond donors (Lipinski definition) is 2. The molecule has 0 aliphatic heterocycles. The van der Waals surface area contributed by atoms with Crippen LogP contribution in [-0.4, -0.2) is 17.3 Å². The molecule has 0 spiro atoms. The maximum atomic E-state index is 13.6. The van der Waals surface area contributed by atoms with E-state index >= 15 is 0 Å². The largest absolute Gasteiger partial charge is 0.389 e. The van der Waals surface area contributed by atoms with Crippen LogP contribution in [0, 0.1) is 5.82 Å². The number of halogens is 2. The molecule has 1 aliphatic rings. The number of hydrogen-bond acceptors (Lipinski definition) is 2. The molecule has 0 unspecified atom stereocenters. The van der Waals surface area contributed by atoms with Crippen LogP contribution in [0.2, 0.25) is 5.02 Å². The molecule has 2 nitrogen and oxygen atoms in total. The van der Waals surface area contributed by atoms with Crippen LogP contribution in [0.5, 0.6) is 0 Å². The van der Waals surface area contributed by atoms with E-state index in [0.29, 0.717) is 23.7 Å². The van der Waals surface area contributed by atoms with Crippen LogP contribution in [-0.2, 0) is 6.54 Å². The lowest BCUT2D eigenvalue weighted by Crippen LogP contribution is -2.40. The van der Waals surface area contributed by atoms with E-state index in [0.717, 1.165) is 25.7 Å². The average Bonchev–Trinajstić information content (AvgIpc) is 2.58. The number of aliphatic hydroxyl groups is 1. The van der Waals surface area contributed by atoms with E-state index in [2.05, 4.69) is 5.32 Å². The smallest absolute Gasteiger partial charge is 0.129 e. The lowest BCUT2D eigenvalue weighted by Gasteiger charge is -2.27. The van der Waals surface area contributed by atoms with Crippen molar-refractivity contribution in [2.45, 2.75) is 50.7 Å². The van der Waals surface area contributed by atoms with Crippen molar-refractivity contribution in [3.05, 3.63) is 34.6 Å². The fraction of sp³-hybridized carbons (Fsp3) is 0.600. The Morgan fingerprint density at radius 3 is 2.53 bits per heavy atom. The molecule has 0 radical (unpaired) electrons. The highest BCUT2D eigenvalue weighted by Crippen LogP contribution is 2.26. The Morgan fingerprint density at radius 1 is 1.21 bits per heavy atom. The van der Waals surface area contributed by atoms with Gasteiger partial charge >= 0.3 is 0 Å². The molecule has 2 N–H and O–H groups in total. The van der Waals surface area contributed by atoms with Crippen molar-refractivity contribution in [2.24, 2.45) is 0 Å². The van der Waals surface area contributed by atoms with Gasteiger partial charge in [-0.1, -0.05) is 43.4 Å². The molecular formula is C15H21ClFNO. The first-order valence-corrected chi connectivity index (χ1v) is 7.34. The standard InChI is InChI=1S/C15H21ClFNO/c16-13-6-5-7-14(17)12(13)10-18-11-15(19)8-3-1-2-4-9-15/h5-7,18-19H,1-4,8-11H2. The molecule has 106 valence electrons. The summed E-state index contributed by atoms with van der Waals surface area (Å²) in [6, 6.07) is 4.69. The second kappa shape index (κ2) is 6.69. The van der Waals surface area contributed by atoms with Gasteiger partial charge in [-0.3, -0.25) is 0 Å². The molecule has 1 saturated carbocycles. The molecule has 1 aliphatic carbocycles. The van der Waals surface area contributed by atoms with Gasteiger partial charge in [-0.25, -0.2) is 4.39 Å². The molecule has 0 bridgehead atoms. The van der Waals surface area contributed by atoms with Crippen molar-refractivity contribution < 1.29 is 9.50 Å². The minimum Gasteiger partial charge on any atom is -0.389 e. The molecule has 2 rings (SSSR count). The van der Waals surface area contributed by atoms with Gasteiger partial charge in [0.25, 0.3) is 0 Å². The fourth-order valence-electron chi connectivity index (χ4n) is 2.68. The second-order valence-electron chi connectivity index (χ2n) is 5.44. The zero-order valence-corrected chi connectivity index (χ0v) is 11.8. The molecule has 0 atom stereocenters. The highest BCUT2D eigenvalue weighted by atomic mass is 35.5. The molecule has 1 aromatic rings. The summed E-state index contributed by atoms with van der Waals surface area (Å²) in [5.41, 5.74) is -0.171. The van der Waals surface area contributed by atoms with E-state index in [-0.39, 0.29) is 5.82 Å². The first-order valence-electron chi connectivity index (χ1n) is 6.97. The summed E-state index contributed by atoms with van der Waals surface area (Å²) in [4.78, 5) is 0. The van der Waals surface area contributed by atoms with Crippen molar-refractivity contribution in [1.29, 1.82) is 0 Å². The molecule has 19 heavy (non-hydrogen) atoms. The summed E-state index contributed by atoms with van der Waals surface area (Å²) < 4.78 is 13.6. The number of benzene rings is 1. The van der Waals surface area contributed by atoms with Crippen LogP contribution in [0.25, 0.3) is 0 Å². The minimum atomic E-state index is -0.645. The van der Waals surface area contributed by atoms with Crippen LogP contribution >= 0.6 is 11.6 Å². The third kappa shape index (κ3) is 4.16. The van der Waals surface area contributed by atoms with Crippen molar-refractivity contribution in [1.82, 2.24) is 5.32 Å². The maximum Gasteiger partial charge on any atom is 0.129 e. The van der Waals surface area contributed by atoms with Crippen LogP contribution in [0.15, 0.2) is 18.2 Å². The molecule has 0 heterocycles. The summed E-state index contributed by atoms with van der Waals surface area (Å²) >= 11 is 5.97. The van der Waals surface area contributed by atoms with Gasteiger partial charge in [-0.05, 0) is 25.0 Å². The Labute approximate surface area is 119 Å². The quantitative estimate of drug-likeness (QED) is 0.828. The van der Waals surface area contributed by atoms with Gasteiger partial charge < -0.3 is 10.4 Å². The Kier molecular flexibility index (Phi) is 5.20. The summed E-state index contributed by atoms with van der Waals surface area (Å²) in [5, 5.41) is 14.1. The molecule has 1 fully saturated rings. The van der Waals surface area contributed by atoms with Gasteiger partial charge in [-0.15, -0.1) is 0 Å². The molecule has 0 aromatic heterocycles. The molecule has 4 heteroatoms. The van der Waals surface area contributed by atoms with E-state index in [9.17, 15) is 9.50 Å². The van der Waals surface area contributed by atoms with E-state index in [1.54, 1.807) is 12.1 Å². The van der Waals surface area contributed by atoms with Gasteiger partial charge in [0.2, 0.25) is 0 Å². The average molecular weight is 286 g/mol. The van der Waals surface area contributed by atoms with Crippen LogP contribution in [0.4, 0.5) is 4.39 Å². The van der Waals surface area contributed by atoms with Gasteiger partial charge in [0.15, 0.2) is 0 Å². The summed E-state index contributed by atoms with van der Waals surface area (Å²) in [6.07, 6.45) is 6.18. The summed E-state index contributed by atoms with van der Waals surface area (Å²) in [7, 11) is 0. The first kappa shape index (κ1) is 14.8. The zero-order chi connectivity index (χ0) is 13.7. The fourth-order valence-corrected chi connectivity index (χ4v) is 2.91. The highest BCUT2D eigenvalue weighted by molar-refractivity contribution is 6.31. The molecular weight excluding hydrogens is 265 g/mol. The van der Waals surface area contributed by atoms with Crippen molar-refractivity contribution in [3.8, 4) is 0 Å². The molecule has 0 amide bonds. The van der Waals surface area contributed by atoms with Crippen molar-refractivity contribution in [3.63, 3.8) is 0 Å². The maximum absolute atomic E-state index is 13.6. The predicted molar refractivity (Wildman–Crippen MR) is 75.8 cm³/mol.